The Morgan fingerprint density at radius 2 is 1.95 bits per heavy atom. The van der Waals surface area contributed by atoms with Gasteiger partial charge in [0.15, 0.2) is 0 Å². The van der Waals surface area contributed by atoms with Gasteiger partial charge >= 0.3 is 0 Å². The van der Waals surface area contributed by atoms with E-state index in [2.05, 4.69) is 10.3 Å². The summed E-state index contributed by atoms with van der Waals surface area (Å²) < 4.78 is 26.7. The molecule has 0 atom stereocenters. The molecule has 1 aliphatic rings. The van der Waals surface area contributed by atoms with Crippen LogP contribution in [0, 0.1) is 0 Å². The Hall–Kier alpha value is -0.980. The zero-order chi connectivity index (χ0) is 14.4. The zero-order valence-corrected chi connectivity index (χ0v) is 12.8. The van der Waals surface area contributed by atoms with E-state index in [4.69, 9.17) is 0 Å². The maximum atomic E-state index is 12.5. The van der Waals surface area contributed by atoms with Gasteiger partial charge in [0.2, 0.25) is 10.0 Å². The van der Waals surface area contributed by atoms with Crippen LogP contribution in [-0.2, 0) is 16.4 Å². The summed E-state index contributed by atoms with van der Waals surface area (Å²) in [6.45, 7) is 4.29. The molecule has 0 aliphatic carbocycles. The van der Waals surface area contributed by atoms with E-state index in [1.54, 1.807) is 16.7 Å². The Morgan fingerprint density at radius 1 is 1.30 bits per heavy atom. The standard InChI is InChI=1S/C14H23N3O2S/c1-2-17(14-5-10-16-11-6-14)20(18,19)12-7-13-3-8-15-9-4-13/h3-4,8-9,14,16H,2,5-7,10-12H2,1H3. The molecule has 1 aromatic heterocycles. The second kappa shape index (κ2) is 7.15. The predicted molar refractivity (Wildman–Crippen MR) is 80.0 cm³/mol. The van der Waals surface area contributed by atoms with Gasteiger partial charge < -0.3 is 5.32 Å². The number of piperidine rings is 1. The normalized spacial score (nSPS) is 17.5. The molecule has 2 heterocycles. The number of nitrogens with one attached hydrogen (secondary N) is 1. The van der Waals surface area contributed by atoms with Crippen molar-refractivity contribution in [3.8, 4) is 0 Å². The molecule has 1 N–H and O–H groups in total. The van der Waals surface area contributed by atoms with Crippen molar-refractivity contribution in [3.05, 3.63) is 30.1 Å². The van der Waals surface area contributed by atoms with E-state index in [-0.39, 0.29) is 11.8 Å². The van der Waals surface area contributed by atoms with Crippen LogP contribution in [-0.4, -0.2) is 49.1 Å². The second-order valence-electron chi connectivity index (χ2n) is 5.11. The van der Waals surface area contributed by atoms with Gasteiger partial charge in [-0.25, -0.2) is 8.42 Å². The molecule has 0 amide bonds. The highest BCUT2D eigenvalue weighted by molar-refractivity contribution is 7.89. The number of aryl methyl sites for hydroxylation is 1. The van der Waals surface area contributed by atoms with E-state index in [1.807, 2.05) is 19.1 Å². The van der Waals surface area contributed by atoms with Crippen LogP contribution in [0.5, 0.6) is 0 Å². The fourth-order valence-corrected chi connectivity index (χ4v) is 4.48. The summed E-state index contributed by atoms with van der Waals surface area (Å²) in [7, 11) is -3.19. The van der Waals surface area contributed by atoms with E-state index in [0.717, 1.165) is 31.5 Å². The zero-order valence-electron chi connectivity index (χ0n) is 12.0. The lowest BCUT2D eigenvalue weighted by molar-refractivity contribution is 0.271. The number of nitrogens with zero attached hydrogens (tertiary/aromatic N) is 2. The molecule has 0 radical (unpaired) electrons. The van der Waals surface area contributed by atoms with E-state index in [0.29, 0.717) is 13.0 Å². The fourth-order valence-electron chi connectivity index (χ4n) is 2.69. The van der Waals surface area contributed by atoms with Gasteiger partial charge in [0, 0.05) is 25.0 Å². The lowest BCUT2D eigenvalue weighted by Crippen LogP contribution is -2.46. The highest BCUT2D eigenvalue weighted by Gasteiger charge is 2.29. The molecular formula is C14H23N3O2S. The van der Waals surface area contributed by atoms with Gasteiger partial charge in [-0.15, -0.1) is 0 Å². The first kappa shape index (κ1) is 15.4. The maximum Gasteiger partial charge on any atom is 0.214 e. The Balaban J connectivity index is 1.99. The van der Waals surface area contributed by atoms with Crippen molar-refractivity contribution in [2.45, 2.75) is 32.2 Å². The van der Waals surface area contributed by atoms with Crippen molar-refractivity contribution in [1.82, 2.24) is 14.6 Å². The minimum absolute atomic E-state index is 0.156. The number of sulfonamides is 1. The van der Waals surface area contributed by atoms with Crippen LogP contribution in [0.1, 0.15) is 25.3 Å². The van der Waals surface area contributed by atoms with Crippen molar-refractivity contribution >= 4 is 10.0 Å². The first-order valence-corrected chi connectivity index (χ1v) is 8.83. The van der Waals surface area contributed by atoms with E-state index >= 15 is 0 Å². The maximum absolute atomic E-state index is 12.5. The Kier molecular flexibility index (Phi) is 5.51. The first-order chi connectivity index (χ1) is 9.63. The SMILES string of the molecule is CCN(C1CCNCC1)S(=O)(=O)CCc1ccncc1. The summed E-state index contributed by atoms with van der Waals surface area (Å²) in [5, 5.41) is 3.27. The van der Waals surface area contributed by atoms with Crippen molar-refractivity contribution in [3.63, 3.8) is 0 Å². The number of rotatable bonds is 6. The molecule has 2 rings (SSSR count). The predicted octanol–water partition coefficient (Wildman–Crippen LogP) is 1.03. The fraction of sp³-hybridized carbons (Fsp3) is 0.643. The van der Waals surface area contributed by atoms with Crippen molar-refractivity contribution in [1.29, 1.82) is 0 Å². The summed E-state index contributed by atoms with van der Waals surface area (Å²) >= 11 is 0. The molecule has 0 bridgehead atoms. The van der Waals surface area contributed by atoms with Crippen LogP contribution in [0.25, 0.3) is 0 Å². The van der Waals surface area contributed by atoms with Crippen molar-refractivity contribution < 1.29 is 8.42 Å². The van der Waals surface area contributed by atoms with Crippen LogP contribution < -0.4 is 5.32 Å². The molecule has 1 aromatic rings. The van der Waals surface area contributed by atoms with Gasteiger partial charge in [-0.05, 0) is 50.0 Å². The van der Waals surface area contributed by atoms with Crippen molar-refractivity contribution in [2.75, 3.05) is 25.4 Å². The molecule has 0 saturated carbocycles. The third-order valence-corrected chi connectivity index (χ3v) is 5.77. The summed E-state index contributed by atoms with van der Waals surface area (Å²) in [6, 6.07) is 3.90. The summed E-state index contributed by atoms with van der Waals surface area (Å²) in [5.41, 5.74) is 1.02. The van der Waals surface area contributed by atoms with Crippen LogP contribution >= 0.6 is 0 Å². The number of aromatic nitrogens is 1. The largest absolute Gasteiger partial charge is 0.317 e. The first-order valence-electron chi connectivity index (χ1n) is 7.22. The van der Waals surface area contributed by atoms with Crippen LogP contribution in [0.3, 0.4) is 0 Å². The highest BCUT2D eigenvalue weighted by atomic mass is 32.2. The van der Waals surface area contributed by atoms with Gasteiger partial charge in [-0.1, -0.05) is 6.92 Å². The number of hydrogen-bond acceptors (Lipinski definition) is 4. The Morgan fingerprint density at radius 3 is 2.55 bits per heavy atom. The van der Waals surface area contributed by atoms with Gasteiger partial charge in [-0.2, -0.15) is 4.31 Å². The third-order valence-electron chi connectivity index (χ3n) is 3.78. The average Bonchev–Trinajstić information content (AvgIpc) is 2.48. The summed E-state index contributed by atoms with van der Waals surface area (Å²) in [5.74, 6) is 0.175. The lowest BCUT2D eigenvalue weighted by atomic mass is 10.1. The van der Waals surface area contributed by atoms with Gasteiger partial charge in [0.1, 0.15) is 0 Å². The Labute approximate surface area is 121 Å². The number of hydrogen-bond donors (Lipinski definition) is 1. The van der Waals surface area contributed by atoms with Crippen LogP contribution in [0.15, 0.2) is 24.5 Å². The van der Waals surface area contributed by atoms with Crippen LogP contribution in [0.2, 0.25) is 0 Å². The molecule has 1 aliphatic heterocycles. The van der Waals surface area contributed by atoms with Gasteiger partial charge in [-0.3, -0.25) is 4.98 Å². The minimum atomic E-state index is -3.19. The molecule has 20 heavy (non-hydrogen) atoms. The molecule has 112 valence electrons. The van der Waals surface area contributed by atoms with Crippen molar-refractivity contribution in [2.24, 2.45) is 0 Å². The molecule has 5 nitrogen and oxygen atoms in total. The molecule has 0 spiro atoms. The van der Waals surface area contributed by atoms with E-state index < -0.39 is 10.0 Å². The van der Waals surface area contributed by atoms with E-state index in [9.17, 15) is 8.42 Å². The molecule has 0 unspecified atom stereocenters. The highest BCUT2D eigenvalue weighted by Crippen LogP contribution is 2.17. The third kappa shape index (κ3) is 4.01. The summed E-state index contributed by atoms with van der Waals surface area (Å²) in [6.07, 6.45) is 5.76. The quantitative estimate of drug-likeness (QED) is 0.852. The smallest absolute Gasteiger partial charge is 0.214 e. The number of pyridine rings is 1. The second-order valence-corrected chi connectivity index (χ2v) is 7.15. The van der Waals surface area contributed by atoms with E-state index in [1.165, 1.54) is 0 Å². The Bertz CT molecular complexity index is 498. The molecule has 6 heteroatoms. The monoisotopic (exact) mass is 297 g/mol. The topological polar surface area (TPSA) is 62.3 Å². The van der Waals surface area contributed by atoms with Gasteiger partial charge in [0.05, 0.1) is 5.75 Å². The average molecular weight is 297 g/mol. The molecular weight excluding hydrogens is 274 g/mol. The van der Waals surface area contributed by atoms with Crippen LogP contribution in [0.4, 0.5) is 0 Å². The molecule has 1 fully saturated rings. The lowest BCUT2D eigenvalue weighted by Gasteiger charge is -2.33. The molecule has 1 saturated heterocycles. The van der Waals surface area contributed by atoms with Gasteiger partial charge in [0.25, 0.3) is 0 Å². The minimum Gasteiger partial charge on any atom is -0.317 e. The summed E-state index contributed by atoms with van der Waals surface area (Å²) in [4.78, 5) is 3.95. The molecule has 0 aromatic carbocycles.